The fourth-order valence-corrected chi connectivity index (χ4v) is 5.94. The molecule has 3 N–H and O–H groups in total. The monoisotopic (exact) mass is 485 g/mol. The number of hydrogen-bond acceptors (Lipinski definition) is 7. The summed E-state index contributed by atoms with van der Waals surface area (Å²) in [6.07, 6.45) is 1.86. The molecule has 6 nitrogen and oxygen atoms in total. The lowest BCUT2D eigenvalue weighted by Gasteiger charge is -2.34. The zero-order chi connectivity index (χ0) is 24.7. The van der Waals surface area contributed by atoms with Crippen molar-refractivity contribution in [3.63, 3.8) is 0 Å². The maximum atomic E-state index is 15.0. The number of aliphatic hydroxyl groups is 1. The number of hydrogen-bond donors (Lipinski definition) is 2. The number of pyridine rings is 1. The van der Waals surface area contributed by atoms with Gasteiger partial charge in [0.05, 0.1) is 23.1 Å². The lowest BCUT2D eigenvalue weighted by molar-refractivity contribution is 0.0987. The van der Waals surface area contributed by atoms with Crippen molar-refractivity contribution in [2.24, 2.45) is 16.6 Å². The van der Waals surface area contributed by atoms with E-state index < -0.39 is 21.9 Å². The minimum atomic E-state index is -1.14. The number of fused-ring (bicyclic) bond motifs is 1. The van der Waals surface area contributed by atoms with Gasteiger partial charge in [0.1, 0.15) is 18.1 Å². The van der Waals surface area contributed by atoms with Crippen LogP contribution in [0.25, 0.3) is 0 Å². The number of rotatable bonds is 7. The molecule has 0 amide bonds. The van der Waals surface area contributed by atoms with Gasteiger partial charge in [-0.25, -0.2) is 13.8 Å². The van der Waals surface area contributed by atoms with Gasteiger partial charge in [0.2, 0.25) is 0 Å². The molecule has 4 rings (SSSR count). The number of ether oxygens (including phenoxy) is 1. The normalized spacial score (nSPS) is 25.0. The highest BCUT2D eigenvalue weighted by atomic mass is 32.2. The standard InChI is InChI=1S/C25H25F2N3O3S/c1-4-5-6-33-16-7-14(2)22(29-12-16)19(32)10-15-8-17(21(27)18(26)9-15)24(3)20-11-25(20,13-31)34-23(28)30-24/h7-9,12,20,31H,6,10-11,13H2,1-3H3,(H2,28,30)/t20-,24+,25+/m0/s1. The fraction of sp³-hybridized carbons (Fsp3) is 0.400. The minimum Gasteiger partial charge on any atom is -0.479 e. The molecule has 1 aliphatic heterocycles. The summed E-state index contributed by atoms with van der Waals surface area (Å²) >= 11 is 1.27. The van der Waals surface area contributed by atoms with Crippen molar-refractivity contribution in [3.05, 3.63) is 58.4 Å². The van der Waals surface area contributed by atoms with Gasteiger partial charge in [-0.2, -0.15) is 0 Å². The highest BCUT2D eigenvalue weighted by molar-refractivity contribution is 8.15. The predicted molar refractivity (Wildman–Crippen MR) is 127 cm³/mol. The van der Waals surface area contributed by atoms with Crippen molar-refractivity contribution < 1.29 is 23.4 Å². The van der Waals surface area contributed by atoms with E-state index in [9.17, 15) is 18.7 Å². The number of aliphatic imine (C=N–C) groups is 1. The third kappa shape index (κ3) is 4.28. The quantitative estimate of drug-likeness (QED) is 0.460. The second kappa shape index (κ2) is 9.01. The van der Waals surface area contributed by atoms with Crippen LogP contribution < -0.4 is 10.5 Å². The van der Waals surface area contributed by atoms with E-state index in [-0.39, 0.29) is 47.8 Å². The van der Waals surface area contributed by atoms with Crippen molar-refractivity contribution in [2.45, 2.75) is 43.9 Å². The summed E-state index contributed by atoms with van der Waals surface area (Å²) in [5.41, 5.74) is 6.01. The number of Topliss-reactive ketones (excluding diaryl/α,β-unsaturated/α-hetero) is 1. The van der Waals surface area contributed by atoms with Gasteiger partial charge in [-0.3, -0.25) is 9.79 Å². The summed E-state index contributed by atoms with van der Waals surface area (Å²) in [5.74, 6) is 3.38. The van der Waals surface area contributed by atoms with Crippen LogP contribution in [0.3, 0.4) is 0 Å². The number of nitrogens with zero attached hydrogens (tertiary/aromatic N) is 2. The predicted octanol–water partition coefficient (Wildman–Crippen LogP) is 3.52. The number of amidine groups is 1. The second-order valence-corrected chi connectivity index (χ2v) is 10.2. The molecule has 2 heterocycles. The van der Waals surface area contributed by atoms with Gasteiger partial charge in [0, 0.05) is 17.9 Å². The molecule has 1 aliphatic carbocycles. The van der Waals surface area contributed by atoms with Gasteiger partial charge in [-0.15, -0.1) is 5.92 Å². The van der Waals surface area contributed by atoms with E-state index in [4.69, 9.17) is 10.5 Å². The molecule has 0 spiro atoms. The van der Waals surface area contributed by atoms with Crippen LogP contribution in [0.4, 0.5) is 8.78 Å². The Morgan fingerprint density at radius 3 is 2.82 bits per heavy atom. The molecule has 2 aliphatic rings. The van der Waals surface area contributed by atoms with Crippen molar-refractivity contribution in [3.8, 4) is 17.6 Å². The van der Waals surface area contributed by atoms with E-state index >= 15 is 0 Å². The van der Waals surface area contributed by atoms with Crippen molar-refractivity contribution in [1.29, 1.82) is 0 Å². The van der Waals surface area contributed by atoms with E-state index in [1.165, 1.54) is 24.0 Å². The fourth-order valence-electron chi connectivity index (χ4n) is 4.60. The third-order valence-electron chi connectivity index (χ3n) is 6.42. The Labute approximate surface area is 201 Å². The largest absolute Gasteiger partial charge is 0.479 e. The Bertz CT molecular complexity index is 1260. The van der Waals surface area contributed by atoms with Gasteiger partial charge in [0.25, 0.3) is 0 Å². The Morgan fingerprint density at radius 1 is 1.38 bits per heavy atom. The van der Waals surface area contributed by atoms with Crippen LogP contribution in [0.15, 0.2) is 29.4 Å². The Kier molecular flexibility index (Phi) is 6.40. The number of nitrogens with two attached hydrogens (primary N) is 1. The topological polar surface area (TPSA) is 97.8 Å². The van der Waals surface area contributed by atoms with Crippen molar-refractivity contribution >= 4 is 22.7 Å². The van der Waals surface area contributed by atoms with Gasteiger partial charge < -0.3 is 15.6 Å². The SMILES string of the molecule is CC#CCOc1cnc(C(=O)Cc2cc(F)c(F)c([C@@]3(C)N=C(N)S[C@@]4(CO)C[C@H]43)c2)c(C)c1. The van der Waals surface area contributed by atoms with E-state index in [1.807, 2.05) is 0 Å². The molecular formula is C25H25F2N3O3S. The number of halogens is 2. The number of aliphatic hydroxyl groups excluding tert-OH is 1. The number of thioether (sulfide) groups is 1. The molecule has 1 aromatic heterocycles. The van der Waals surface area contributed by atoms with Crippen LogP contribution >= 0.6 is 11.8 Å². The molecule has 0 bridgehead atoms. The first-order chi connectivity index (χ1) is 16.1. The Morgan fingerprint density at radius 2 is 2.15 bits per heavy atom. The zero-order valence-corrected chi connectivity index (χ0v) is 19.9. The Hall–Kier alpha value is -2.96. The first kappa shape index (κ1) is 24.2. The first-order valence-electron chi connectivity index (χ1n) is 10.8. The van der Waals surface area contributed by atoms with Crippen LogP contribution in [-0.4, -0.2) is 39.0 Å². The van der Waals surface area contributed by atoms with Gasteiger partial charge in [-0.1, -0.05) is 17.7 Å². The van der Waals surface area contributed by atoms with E-state index in [0.717, 1.165) is 6.07 Å². The van der Waals surface area contributed by atoms with E-state index in [2.05, 4.69) is 21.8 Å². The molecule has 178 valence electrons. The molecule has 0 saturated heterocycles. The minimum absolute atomic E-state index is 0.0318. The molecule has 2 aromatic rings. The molecule has 1 aromatic carbocycles. The highest BCUT2D eigenvalue weighted by Gasteiger charge is 2.66. The highest BCUT2D eigenvalue weighted by Crippen LogP contribution is 2.65. The number of carbonyl (C=O) groups is 1. The zero-order valence-electron chi connectivity index (χ0n) is 19.1. The van der Waals surface area contributed by atoms with Crippen LogP contribution in [0.5, 0.6) is 5.75 Å². The molecule has 3 atom stereocenters. The van der Waals surface area contributed by atoms with Crippen LogP contribution in [0, 0.1) is 36.3 Å². The number of aryl methyl sites for hydroxylation is 1. The molecule has 0 radical (unpaired) electrons. The molecule has 9 heteroatoms. The number of carbonyl (C=O) groups excluding carboxylic acids is 1. The van der Waals surface area contributed by atoms with Crippen LogP contribution in [-0.2, 0) is 12.0 Å². The summed E-state index contributed by atoms with van der Waals surface area (Å²) < 4.78 is 34.6. The summed E-state index contributed by atoms with van der Waals surface area (Å²) in [5, 5.41) is 10.1. The summed E-state index contributed by atoms with van der Waals surface area (Å²) in [7, 11) is 0. The number of benzene rings is 1. The van der Waals surface area contributed by atoms with Gasteiger partial charge in [-0.05, 0) is 56.5 Å². The van der Waals surface area contributed by atoms with Crippen LogP contribution in [0.2, 0.25) is 0 Å². The first-order valence-corrected chi connectivity index (χ1v) is 11.6. The van der Waals surface area contributed by atoms with Crippen molar-refractivity contribution in [2.75, 3.05) is 13.2 Å². The molecule has 1 fully saturated rings. The van der Waals surface area contributed by atoms with Gasteiger partial charge >= 0.3 is 0 Å². The molecule has 34 heavy (non-hydrogen) atoms. The van der Waals surface area contributed by atoms with Crippen molar-refractivity contribution in [1.82, 2.24) is 4.98 Å². The lowest BCUT2D eigenvalue weighted by Crippen LogP contribution is -2.37. The van der Waals surface area contributed by atoms with Gasteiger partial charge in [0.15, 0.2) is 22.6 Å². The maximum Gasteiger partial charge on any atom is 0.185 e. The second-order valence-electron chi connectivity index (χ2n) is 8.77. The lowest BCUT2D eigenvalue weighted by atomic mass is 9.84. The summed E-state index contributed by atoms with van der Waals surface area (Å²) in [6.45, 7) is 5.21. The van der Waals surface area contributed by atoms with Crippen LogP contribution in [0.1, 0.15) is 47.4 Å². The maximum absolute atomic E-state index is 15.0. The molecule has 1 saturated carbocycles. The molecular weight excluding hydrogens is 460 g/mol. The van der Waals surface area contributed by atoms with E-state index in [1.54, 1.807) is 26.8 Å². The number of aromatic nitrogens is 1. The summed E-state index contributed by atoms with van der Waals surface area (Å²) in [4.78, 5) is 21.6. The molecule has 0 unspecified atom stereocenters. The average molecular weight is 486 g/mol. The Balaban J connectivity index is 1.62. The third-order valence-corrected chi connectivity index (χ3v) is 7.71. The van der Waals surface area contributed by atoms with E-state index in [0.29, 0.717) is 23.3 Å². The average Bonchev–Trinajstić information content (AvgIpc) is 3.52. The number of ketones is 1. The smallest absolute Gasteiger partial charge is 0.185 e. The summed E-state index contributed by atoms with van der Waals surface area (Å²) in [6, 6.07) is 4.18.